The van der Waals surface area contributed by atoms with Gasteiger partial charge in [0.25, 0.3) is 5.91 Å². The Balaban J connectivity index is 0.00000182. The summed E-state index contributed by atoms with van der Waals surface area (Å²) in [6, 6.07) is 8.34. The van der Waals surface area contributed by atoms with E-state index in [4.69, 9.17) is 0 Å². The number of nitrogens with one attached hydrogen (secondary N) is 2. The Kier molecular flexibility index (Phi) is 4.89. The Morgan fingerprint density at radius 1 is 1.28 bits per heavy atom. The molecule has 134 valence electrons. The first kappa shape index (κ1) is 18.0. The molecule has 2 N–H and O–H groups in total. The van der Waals surface area contributed by atoms with Crippen LogP contribution in [-0.2, 0) is 18.4 Å². The summed E-state index contributed by atoms with van der Waals surface area (Å²) in [4.78, 5) is 15.2. The van der Waals surface area contributed by atoms with Crippen molar-refractivity contribution >= 4 is 24.0 Å². The van der Waals surface area contributed by atoms with E-state index in [1.54, 1.807) is 0 Å². The molecule has 0 atom stereocenters. The average molecular weight is 361 g/mol. The van der Waals surface area contributed by atoms with Gasteiger partial charge >= 0.3 is 0 Å². The highest BCUT2D eigenvalue weighted by molar-refractivity contribution is 6.07. The normalized spacial score (nSPS) is 17.6. The number of halogens is 1. The molecule has 4 rings (SSSR count). The minimum absolute atomic E-state index is 0. The predicted octanol–water partition coefficient (Wildman–Crippen LogP) is 3.20. The molecule has 0 spiro atoms. The highest BCUT2D eigenvalue weighted by atomic mass is 35.5. The van der Waals surface area contributed by atoms with Gasteiger partial charge in [0.2, 0.25) is 0 Å². The standard InChI is InChI=1S/C19H24N4O.ClH/c1-3-19(4-2)12-23(16-8-6-5-7-14(16)19)18(24)17-13-11-20-10-9-15(13)21-22-17;/h5-8,20H,3-4,9-12H2,1-2H3,(H,21,22);1H. The monoisotopic (exact) mass is 360 g/mol. The third-order valence-electron chi connectivity index (χ3n) is 5.83. The lowest BCUT2D eigenvalue weighted by atomic mass is 9.78. The molecule has 1 amide bonds. The molecule has 25 heavy (non-hydrogen) atoms. The predicted molar refractivity (Wildman–Crippen MR) is 102 cm³/mol. The van der Waals surface area contributed by atoms with Crippen LogP contribution in [0.3, 0.4) is 0 Å². The first-order valence-electron chi connectivity index (χ1n) is 8.88. The van der Waals surface area contributed by atoms with Crippen molar-refractivity contribution in [2.24, 2.45) is 0 Å². The molecule has 2 aliphatic heterocycles. The maximum absolute atomic E-state index is 13.3. The van der Waals surface area contributed by atoms with E-state index in [0.29, 0.717) is 5.69 Å². The largest absolute Gasteiger partial charge is 0.312 e. The van der Waals surface area contributed by atoms with Crippen molar-refractivity contribution < 1.29 is 4.79 Å². The summed E-state index contributed by atoms with van der Waals surface area (Å²) in [5.74, 6) is 0.0208. The summed E-state index contributed by atoms with van der Waals surface area (Å²) in [6.07, 6.45) is 2.97. The van der Waals surface area contributed by atoms with Crippen LogP contribution in [0.4, 0.5) is 5.69 Å². The van der Waals surface area contributed by atoms with Gasteiger partial charge in [-0.25, -0.2) is 0 Å². The lowest BCUT2D eigenvalue weighted by Crippen LogP contribution is -2.37. The number of para-hydroxylation sites is 1. The molecule has 1 aromatic carbocycles. The third-order valence-corrected chi connectivity index (χ3v) is 5.83. The van der Waals surface area contributed by atoms with Crippen molar-refractivity contribution in [2.75, 3.05) is 18.0 Å². The molecule has 0 radical (unpaired) electrons. The van der Waals surface area contributed by atoms with Gasteiger partial charge in [0.05, 0.1) is 0 Å². The van der Waals surface area contributed by atoms with Gasteiger partial charge in [0.15, 0.2) is 5.69 Å². The van der Waals surface area contributed by atoms with Crippen molar-refractivity contribution in [3.8, 4) is 0 Å². The quantitative estimate of drug-likeness (QED) is 0.883. The Morgan fingerprint density at radius 3 is 2.80 bits per heavy atom. The Morgan fingerprint density at radius 2 is 2.04 bits per heavy atom. The third kappa shape index (κ3) is 2.66. The molecule has 2 aliphatic rings. The van der Waals surface area contributed by atoms with E-state index in [1.807, 2.05) is 11.0 Å². The number of H-pyrrole nitrogens is 1. The molecule has 0 aliphatic carbocycles. The first-order chi connectivity index (χ1) is 11.7. The lowest BCUT2D eigenvalue weighted by Gasteiger charge is -2.27. The summed E-state index contributed by atoms with van der Waals surface area (Å²) in [5.41, 5.74) is 5.12. The molecular weight excluding hydrogens is 336 g/mol. The summed E-state index contributed by atoms with van der Waals surface area (Å²) in [7, 11) is 0. The van der Waals surface area contributed by atoms with E-state index < -0.39 is 0 Å². The molecule has 2 aromatic rings. The number of rotatable bonds is 3. The van der Waals surface area contributed by atoms with Gasteiger partial charge in [-0.15, -0.1) is 12.4 Å². The van der Waals surface area contributed by atoms with Crippen LogP contribution in [0.5, 0.6) is 0 Å². The summed E-state index contributed by atoms with van der Waals surface area (Å²) in [5, 5.41) is 10.8. The SMILES string of the molecule is CCC1(CC)CN(C(=O)c2n[nH]c3c2CNCC3)c2ccccc21.Cl. The lowest BCUT2D eigenvalue weighted by molar-refractivity contribution is 0.0978. The van der Waals surface area contributed by atoms with Crippen LogP contribution in [0, 0.1) is 0 Å². The van der Waals surface area contributed by atoms with E-state index >= 15 is 0 Å². The fourth-order valence-electron chi connectivity index (χ4n) is 4.20. The van der Waals surface area contributed by atoms with Gasteiger partial charge in [0.1, 0.15) is 0 Å². The number of carbonyl (C=O) groups is 1. The van der Waals surface area contributed by atoms with E-state index in [-0.39, 0.29) is 23.7 Å². The molecular formula is C19H25ClN4O. The summed E-state index contributed by atoms with van der Waals surface area (Å²) in [6.45, 7) is 6.83. The highest BCUT2D eigenvalue weighted by Gasteiger charge is 2.43. The number of anilines is 1. The van der Waals surface area contributed by atoms with Crippen molar-refractivity contribution in [2.45, 2.75) is 45.1 Å². The maximum Gasteiger partial charge on any atom is 0.279 e. The average Bonchev–Trinajstić information content (AvgIpc) is 3.21. The van der Waals surface area contributed by atoms with Crippen molar-refractivity contribution in [1.29, 1.82) is 0 Å². The Labute approximate surface area is 154 Å². The number of aromatic amines is 1. The van der Waals surface area contributed by atoms with Crippen LogP contribution < -0.4 is 10.2 Å². The van der Waals surface area contributed by atoms with Crippen molar-refractivity contribution in [1.82, 2.24) is 15.5 Å². The van der Waals surface area contributed by atoms with E-state index in [2.05, 4.69) is 47.6 Å². The number of carbonyl (C=O) groups excluding carboxylic acids is 1. The molecule has 0 unspecified atom stereocenters. The van der Waals surface area contributed by atoms with Gasteiger partial charge < -0.3 is 10.2 Å². The van der Waals surface area contributed by atoms with Gasteiger partial charge in [-0.2, -0.15) is 5.10 Å². The van der Waals surface area contributed by atoms with E-state index in [9.17, 15) is 4.79 Å². The second kappa shape index (κ2) is 6.81. The fraction of sp³-hybridized carbons (Fsp3) is 0.474. The number of benzene rings is 1. The van der Waals surface area contributed by atoms with Crippen LogP contribution in [0.25, 0.3) is 0 Å². The smallest absolute Gasteiger partial charge is 0.279 e. The number of hydrogen-bond acceptors (Lipinski definition) is 3. The molecule has 0 saturated heterocycles. The molecule has 0 bridgehead atoms. The van der Waals surface area contributed by atoms with Gasteiger partial charge in [-0.3, -0.25) is 9.89 Å². The summed E-state index contributed by atoms with van der Waals surface area (Å²) >= 11 is 0. The van der Waals surface area contributed by atoms with Crippen molar-refractivity contribution in [3.63, 3.8) is 0 Å². The number of aromatic nitrogens is 2. The fourth-order valence-corrected chi connectivity index (χ4v) is 4.20. The van der Waals surface area contributed by atoms with Crippen LogP contribution in [0.15, 0.2) is 24.3 Å². The number of amides is 1. The minimum atomic E-state index is 0. The molecule has 5 nitrogen and oxygen atoms in total. The first-order valence-corrected chi connectivity index (χ1v) is 8.88. The maximum atomic E-state index is 13.3. The second-order valence-electron chi connectivity index (χ2n) is 6.85. The molecule has 0 fully saturated rings. The zero-order valence-corrected chi connectivity index (χ0v) is 15.6. The van der Waals surface area contributed by atoms with Crippen LogP contribution in [0.1, 0.15) is 54.0 Å². The highest BCUT2D eigenvalue weighted by Crippen LogP contribution is 2.45. The molecule has 3 heterocycles. The van der Waals surface area contributed by atoms with Gasteiger partial charge in [-0.05, 0) is 24.5 Å². The minimum Gasteiger partial charge on any atom is -0.312 e. The number of fused-ring (bicyclic) bond motifs is 2. The van der Waals surface area contributed by atoms with E-state index in [0.717, 1.165) is 55.8 Å². The topological polar surface area (TPSA) is 61.0 Å². The van der Waals surface area contributed by atoms with Crippen molar-refractivity contribution in [3.05, 3.63) is 46.8 Å². The Bertz CT molecular complexity index is 781. The van der Waals surface area contributed by atoms with Crippen LogP contribution in [-0.4, -0.2) is 29.2 Å². The number of hydrogen-bond donors (Lipinski definition) is 2. The van der Waals surface area contributed by atoms with Gasteiger partial charge in [-0.1, -0.05) is 32.0 Å². The number of nitrogens with zero attached hydrogens (tertiary/aromatic N) is 2. The van der Waals surface area contributed by atoms with Gasteiger partial charge in [0, 0.05) is 48.4 Å². The zero-order chi connectivity index (χ0) is 16.7. The van der Waals surface area contributed by atoms with Crippen LogP contribution in [0.2, 0.25) is 0 Å². The van der Waals surface area contributed by atoms with E-state index in [1.165, 1.54) is 5.56 Å². The molecule has 1 aromatic heterocycles. The summed E-state index contributed by atoms with van der Waals surface area (Å²) < 4.78 is 0. The zero-order valence-electron chi connectivity index (χ0n) is 14.8. The molecule has 0 saturated carbocycles. The molecule has 6 heteroatoms. The van der Waals surface area contributed by atoms with Crippen LogP contribution >= 0.6 is 12.4 Å². The Hall–Kier alpha value is -1.85. The second-order valence-corrected chi connectivity index (χ2v) is 6.85.